The van der Waals surface area contributed by atoms with Gasteiger partial charge in [-0.25, -0.2) is 19.5 Å². The number of hydrogen-bond acceptors (Lipinski definition) is 5. The molecule has 0 spiro atoms. The van der Waals surface area contributed by atoms with E-state index < -0.39 is 17.7 Å². The minimum absolute atomic E-state index is 0.0813. The largest absolute Gasteiger partial charge is 0.478 e. The van der Waals surface area contributed by atoms with Crippen LogP contribution in [0.3, 0.4) is 0 Å². The Morgan fingerprint density at radius 3 is 2.17 bits per heavy atom. The number of nitrogens with zero attached hydrogens (tertiary/aromatic N) is 4. The van der Waals surface area contributed by atoms with Gasteiger partial charge < -0.3 is 5.11 Å². The standard InChI is InChI=1S/C15H11N5O4/c21-13(22)10-6-8-12(9-7-10)19(11-4-2-1-3-5-11)15(24)20-14(23)16-17-18-20/h1-9H,(H,21,22)(H,16,18,23). The van der Waals surface area contributed by atoms with Crippen LogP contribution in [0.5, 0.6) is 0 Å². The highest BCUT2D eigenvalue weighted by atomic mass is 16.4. The summed E-state index contributed by atoms with van der Waals surface area (Å²) in [7, 11) is 0. The van der Waals surface area contributed by atoms with E-state index in [1.54, 1.807) is 30.3 Å². The van der Waals surface area contributed by atoms with Crippen molar-refractivity contribution in [2.45, 2.75) is 0 Å². The second-order valence-electron chi connectivity index (χ2n) is 4.72. The van der Waals surface area contributed by atoms with Crippen molar-refractivity contribution in [2.24, 2.45) is 0 Å². The molecule has 1 heterocycles. The number of carboxylic acid groups (broad SMARTS) is 1. The number of H-pyrrole nitrogens is 1. The van der Waals surface area contributed by atoms with Crippen molar-refractivity contribution in [3.8, 4) is 0 Å². The molecule has 24 heavy (non-hydrogen) atoms. The maximum atomic E-state index is 12.7. The monoisotopic (exact) mass is 325 g/mol. The van der Waals surface area contributed by atoms with Crippen molar-refractivity contribution in [3.05, 3.63) is 70.6 Å². The van der Waals surface area contributed by atoms with Gasteiger partial charge in [0.15, 0.2) is 0 Å². The number of carbonyl (C=O) groups is 2. The minimum Gasteiger partial charge on any atom is -0.478 e. The average Bonchev–Trinajstić information content (AvgIpc) is 3.02. The summed E-state index contributed by atoms with van der Waals surface area (Å²) in [5, 5.41) is 17.8. The molecule has 1 aromatic heterocycles. The number of anilines is 2. The van der Waals surface area contributed by atoms with Crippen LogP contribution in [0, 0.1) is 0 Å². The van der Waals surface area contributed by atoms with E-state index in [0.717, 1.165) is 0 Å². The number of aromatic carboxylic acids is 1. The number of tetrazole rings is 1. The predicted molar refractivity (Wildman–Crippen MR) is 83.4 cm³/mol. The topological polar surface area (TPSA) is 121 Å². The molecule has 120 valence electrons. The highest BCUT2D eigenvalue weighted by molar-refractivity contribution is 6.00. The molecule has 2 N–H and O–H groups in total. The molecule has 3 rings (SSSR count). The van der Waals surface area contributed by atoms with Crippen LogP contribution in [0.2, 0.25) is 0 Å². The fraction of sp³-hybridized carbons (Fsp3) is 0. The van der Waals surface area contributed by atoms with E-state index in [9.17, 15) is 14.4 Å². The van der Waals surface area contributed by atoms with Crippen LogP contribution < -0.4 is 10.6 Å². The number of carboxylic acids is 1. The Bertz CT molecular complexity index is 930. The Hall–Kier alpha value is -3.75. The number of para-hydroxylation sites is 1. The number of amides is 1. The summed E-state index contributed by atoms with van der Waals surface area (Å²) in [5.74, 6) is -1.08. The second kappa shape index (κ2) is 6.16. The summed E-state index contributed by atoms with van der Waals surface area (Å²) >= 11 is 0. The fourth-order valence-corrected chi connectivity index (χ4v) is 2.12. The lowest BCUT2D eigenvalue weighted by atomic mass is 10.2. The van der Waals surface area contributed by atoms with Gasteiger partial charge in [-0.15, -0.1) is 4.68 Å². The molecule has 1 amide bonds. The highest BCUT2D eigenvalue weighted by Gasteiger charge is 2.23. The third-order valence-corrected chi connectivity index (χ3v) is 3.23. The van der Waals surface area contributed by atoms with Gasteiger partial charge in [0.05, 0.1) is 16.9 Å². The smallest absolute Gasteiger partial charge is 0.369 e. The first-order chi connectivity index (χ1) is 11.6. The zero-order valence-electron chi connectivity index (χ0n) is 12.2. The minimum atomic E-state index is -1.08. The zero-order valence-corrected chi connectivity index (χ0v) is 12.2. The number of rotatable bonds is 3. The molecule has 0 atom stereocenters. The molecule has 0 bridgehead atoms. The predicted octanol–water partition coefficient (Wildman–Crippen LogP) is 1.47. The van der Waals surface area contributed by atoms with Crippen molar-refractivity contribution in [1.82, 2.24) is 20.2 Å². The zero-order chi connectivity index (χ0) is 17.1. The summed E-state index contributed by atoms with van der Waals surface area (Å²) in [5.41, 5.74) is 0.174. The van der Waals surface area contributed by atoms with Crippen molar-refractivity contribution < 1.29 is 14.7 Å². The summed E-state index contributed by atoms with van der Waals surface area (Å²) in [6.45, 7) is 0. The van der Waals surface area contributed by atoms with E-state index in [1.165, 1.54) is 29.2 Å². The summed E-state index contributed by atoms with van der Waals surface area (Å²) in [6, 6.07) is 13.5. The molecule has 0 aliphatic rings. The SMILES string of the molecule is O=C(O)c1ccc(N(C(=O)n2nn[nH]c2=O)c2ccccc2)cc1. The van der Waals surface area contributed by atoms with Gasteiger partial charge in [0.25, 0.3) is 0 Å². The molecule has 0 unspecified atom stereocenters. The Morgan fingerprint density at radius 2 is 1.62 bits per heavy atom. The van der Waals surface area contributed by atoms with E-state index in [-0.39, 0.29) is 5.56 Å². The van der Waals surface area contributed by atoms with E-state index in [1.807, 2.05) is 0 Å². The van der Waals surface area contributed by atoms with Crippen LogP contribution >= 0.6 is 0 Å². The van der Waals surface area contributed by atoms with Gasteiger partial charge in [0, 0.05) is 0 Å². The van der Waals surface area contributed by atoms with Crippen molar-refractivity contribution in [1.29, 1.82) is 0 Å². The van der Waals surface area contributed by atoms with Gasteiger partial charge in [0.2, 0.25) is 0 Å². The van der Waals surface area contributed by atoms with Gasteiger partial charge in [0.1, 0.15) is 0 Å². The molecule has 9 heteroatoms. The summed E-state index contributed by atoms with van der Waals surface area (Å²) < 4.78 is 0.581. The third-order valence-electron chi connectivity index (χ3n) is 3.23. The molecule has 0 radical (unpaired) electrons. The number of nitrogens with one attached hydrogen (secondary N) is 1. The molecular formula is C15H11N5O4. The highest BCUT2D eigenvalue weighted by Crippen LogP contribution is 2.26. The van der Waals surface area contributed by atoms with E-state index >= 15 is 0 Å². The summed E-state index contributed by atoms with van der Waals surface area (Å²) in [4.78, 5) is 36.5. The molecule has 0 aliphatic carbocycles. The maximum Gasteiger partial charge on any atom is 0.369 e. The average molecular weight is 325 g/mol. The van der Waals surface area contributed by atoms with Crippen molar-refractivity contribution in [2.75, 3.05) is 4.90 Å². The van der Waals surface area contributed by atoms with E-state index in [0.29, 0.717) is 16.1 Å². The van der Waals surface area contributed by atoms with Gasteiger partial charge in [-0.3, -0.25) is 4.90 Å². The lowest BCUT2D eigenvalue weighted by Gasteiger charge is -2.21. The number of carbonyl (C=O) groups excluding carboxylic acids is 1. The van der Waals surface area contributed by atoms with Crippen LogP contribution in [-0.4, -0.2) is 37.3 Å². The van der Waals surface area contributed by atoms with Crippen LogP contribution in [-0.2, 0) is 0 Å². The molecule has 2 aromatic carbocycles. The molecular weight excluding hydrogens is 314 g/mol. The Morgan fingerprint density at radius 1 is 1.00 bits per heavy atom. The molecule has 0 saturated heterocycles. The summed E-state index contributed by atoms with van der Waals surface area (Å²) in [6.07, 6.45) is 0. The first-order valence-corrected chi connectivity index (χ1v) is 6.81. The number of aromatic nitrogens is 4. The van der Waals surface area contributed by atoms with Crippen molar-refractivity contribution in [3.63, 3.8) is 0 Å². The second-order valence-corrected chi connectivity index (χ2v) is 4.72. The van der Waals surface area contributed by atoms with Crippen molar-refractivity contribution >= 4 is 23.4 Å². The lowest BCUT2D eigenvalue weighted by Crippen LogP contribution is -2.37. The van der Waals surface area contributed by atoms with Gasteiger partial charge in [-0.05, 0) is 46.8 Å². The number of benzene rings is 2. The van der Waals surface area contributed by atoms with Crippen LogP contribution in [0.4, 0.5) is 16.2 Å². The Kier molecular flexibility index (Phi) is 3.89. The lowest BCUT2D eigenvalue weighted by molar-refractivity contribution is 0.0697. The fourth-order valence-electron chi connectivity index (χ4n) is 2.12. The molecule has 3 aromatic rings. The first kappa shape index (κ1) is 15.2. The van der Waals surface area contributed by atoms with Crippen LogP contribution in [0.1, 0.15) is 10.4 Å². The normalized spacial score (nSPS) is 10.3. The van der Waals surface area contributed by atoms with Gasteiger partial charge in [-0.1, -0.05) is 18.2 Å². The molecule has 0 saturated carbocycles. The molecule has 0 aliphatic heterocycles. The van der Waals surface area contributed by atoms with Gasteiger partial charge in [-0.2, -0.15) is 0 Å². The quantitative estimate of drug-likeness (QED) is 0.703. The Labute approximate surface area is 134 Å². The van der Waals surface area contributed by atoms with Gasteiger partial charge >= 0.3 is 17.7 Å². The van der Waals surface area contributed by atoms with E-state index in [2.05, 4.69) is 15.5 Å². The molecule has 9 nitrogen and oxygen atoms in total. The number of hydrogen-bond donors (Lipinski definition) is 2. The van der Waals surface area contributed by atoms with Crippen LogP contribution in [0.15, 0.2) is 59.4 Å². The first-order valence-electron chi connectivity index (χ1n) is 6.81. The van der Waals surface area contributed by atoms with E-state index in [4.69, 9.17) is 5.11 Å². The maximum absolute atomic E-state index is 12.7. The van der Waals surface area contributed by atoms with Crippen LogP contribution in [0.25, 0.3) is 0 Å². The Balaban J connectivity index is 2.09. The number of aromatic amines is 1. The molecule has 0 fully saturated rings. The third kappa shape index (κ3) is 2.77.